The maximum Gasteiger partial charge on any atom is 0.255 e. The molecule has 2 aromatic rings. The van der Waals surface area contributed by atoms with Crippen molar-refractivity contribution in [3.8, 4) is 0 Å². The number of rotatable bonds is 12. The minimum absolute atomic E-state index is 0.0674. The predicted molar refractivity (Wildman–Crippen MR) is 147 cm³/mol. The Morgan fingerprint density at radius 3 is 2.59 bits per heavy atom. The smallest absolute Gasteiger partial charge is 0.255 e. The number of ether oxygens (including phenoxy) is 1. The first-order valence-electron chi connectivity index (χ1n) is 13.6. The molecule has 4 rings (SSSR count). The third-order valence-electron chi connectivity index (χ3n) is 7.55. The molecule has 0 aliphatic carbocycles. The van der Waals surface area contributed by atoms with Gasteiger partial charge in [0.2, 0.25) is 11.8 Å². The first-order valence-corrected chi connectivity index (χ1v) is 13.6. The van der Waals surface area contributed by atoms with Crippen LogP contribution in [-0.4, -0.2) is 79.7 Å². The van der Waals surface area contributed by atoms with Crippen LogP contribution in [0.3, 0.4) is 0 Å². The second kappa shape index (κ2) is 13.5. The SMILES string of the molecule is CNC(=O)C(CCC=O)N1Cc2cc(CNC(=O)Cc3ccc(CCN4CCOCC4)c(C)c3)ccc2C1=O. The van der Waals surface area contributed by atoms with E-state index in [0.717, 1.165) is 62.2 Å². The van der Waals surface area contributed by atoms with Crippen LogP contribution in [-0.2, 0) is 45.1 Å². The van der Waals surface area contributed by atoms with E-state index in [1.807, 2.05) is 18.2 Å². The second-order valence-corrected chi connectivity index (χ2v) is 10.2. The fourth-order valence-electron chi connectivity index (χ4n) is 5.28. The van der Waals surface area contributed by atoms with Gasteiger partial charge in [0.1, 0.15) is 12.3 Å². The van der Waals surface area contributed by atoms with Gasteiger partial charge >= 0.3 is 0 Å². The van der Waals surface area contributed by atoms with Crippen molar-refractivity contribution in [2.45, 2.75) is 51.7 Å². The highest BCUT2D eigenvalue weighted by atomic mass is 16.5. The molecule has 1 unspecified atom stereocenters. The van der Waals surface area contributed by atoms with Crippen LogP contribution >= 0.6 is 0 Å². The molecule has 2 aliphatic heterocycles. The van der Waals surface area contributed by atoms with Gasteiger partial charge in [0.15, 0.2) is 0 Å². The van der Waals surface area contributed by atoms with Gasteiger partial charge in [0, 0.05) is 51.8 Å². The maximum atomic E-state index is 13.0. The summed E-state index contributed by atoms with van der Waals surface area (Å²) in [6.07, 6.45) is 2.52. The highest BCUT2D eigenvalue weighted by molar-refractivity contribution is 6.01. The van der Waals surface area contributed by atoms with Crippen molar-refractivity contribution >= 4 is 24.0 Å². The third kappa shape index (κ3) is 7.30. The van der Waals surface area contributed by atoms with Gasteiger partial charge in [-0.2, -0.15) is 0 Å². The average molecular weight is 535 g/mol. The number of benzene rings is 2. The Kier molecular flexibility index (Phi) is 9.84. The van der Waals surface area contributed by atoms with Gasteiger partial charge in [-0.3, -0.25) is 19.3 Å². The summed E-state index contributed by atoms with van der Waals surface area (Å²) in [5.41, 5.74) is 5.73. The second-order valence-electron chi connectivity index (χ2n) is 10.2. The van der Waals surface area contributed by atoms with Crippen molar-refractivity contribution in [3.63, 3.8) is 0 Å². The number of likely N-dealkylation sites (N-methyl/N-ethyl adjacent to an activating group) is 1. The normalized spacial score (nSPS) is 16.1. The number of nitrogens with one attached hydrogen (secondary N) is 2. The van der Waals surface area contributed by atoms with Crippen LogP contribution in [0.2, 0.25) is 0 Å². The zero-order chi connectivity index (χ0) is 27.8. The molecule has 0 aromatic heterocycles. The lowest BCUT2D eigenvalue weighted by Crippen LogP contribution is -2.46. The van der Waals surface area contributed by atoms with Gasteiger partial charge < -0.3 is 25.1 Å². The summed E-state index contributed by atoms with van der Waals surface area (Å²) < 4.78 is 5.42. The van der Waals surface area contributed by atoms with E-state index in [4.69, 9.17) is 4.74 Å². The van der Waals surface area contributed by atoms with Crippen LogP contribution in [0.25, 0.3) is 0 Å². The molecule has 9 heteroatoms. The number of amides is 3. The number of hydrogen-bond donors (Lipinski definition) is 2. The molecule has 39 heavy (non-hydrogen) atoms. The molecule has 0 bridgehead atoms. The van der Waals surface area contributed by atoms with Crippen molar-refractivity contribution in [2.24, 2.45) is 0 Å². The van der Waals surface area contributed by atoms with E-state index in [-0.39, 0.29) is 30.6 Å². The largest absolute Gasteiger partial charge is 0.379 e. The summed E-state index contributed by atoms with van der Waals surface area (Å²) in [4.78, 5) is 52.8. The van der Waals surface area contributed by atoms with Crippen LogP contribution in [0.15, 0.2) is 36.4 Å². The van der Waals surface area contributed by atoms with E-state index in [9.17, 15) is 19.2 Å². The Labute approximate surface area is 229 Å². The number of fused-ring (bicyclic) bond motifs is 1. The van der Waals surface area contributed by atoms with E-state index < -0.39 is 6.04 Å². The summed E-state index contributed by atoms with van der Waals surface area (Å²) in [5, 5.41) is 5.57. The van der Waals surface area contributed by atoms with Crippen LogP contribution < -0.4 is 10.6 Å². The summed E-state index contributed by atoms with van der Waals surface area (Å²) in [5.74, 6) is -0.572. The van der Waals surface area contributed by atoms with Gasteiger partial charge in [0.05, 0.1) is 19.6 Å². The number of aryl methyl sites for hydroxylation is 1. The Morgan fingerprint density at radius 2 is 1.87 bits per heavy atom. The monoisotopic (exact) mass is 534 g/mol. The summed E-state index contributed by atoms with van der Waals surface area (Å²) in [7, 11) is 1.52. The molecule has 0 saturated carbocycles. The lowest BCUT2D eigenvalue weighted by molar-refractivity contribution is -0.125. The zero-order valence-corrected chi connectivity index (χ0v) is 22.8. The van der Waals surface area contributed by atoms with E-state index in [1.54, 1.807) is 6.07 Å². The molecule has 1 fully saturated rings. The fourth-order valence-corrected chi connectivity index (χ4v) is 5.28. The number of nitrogens with zero attached hydrogens (tertiary/aromatic N) is 2. The van der Waals surface area contributed by atoms with Crippen molar-refractivity contribution in [1.29, 1.82) is 0 Å². The van der Waals surface area contributed by atoms with E-state index >= 15 is 0 Å². The predicted octanol–water partition coefficient (Wildman–Crippen LogP) is 1.78. The molecule has 1 saturated heterocycles. The molecule has 3 amide bonds. The minimum Gasteiger partial charge on any atom is -0.379 e. The van der Waals surface area contributed by atoms with Crippen molar-refractivity contribution in [1.82, 2.24) is 20.4 Å². The van der Waals surface area contributed by atoms with Gasteiger partial charge in [-0.25, -0.2) is 0 Å². The van der Waals surface area contributed by atoms with Gasteiger partial charge in [-0.15, -0.1) is 0 Å². The lowest BCUT2D eigenvalue weighted by Gasteiger charge is -2.26. The molecule has 0 spiro atoms. The molecule has 208 valence electrons. The first-order chi connectivity index (χ1) is 18.9. The van der Waals surface area contributed by atoms with Crippen LogP contribution in [0.5, 0.6) is 0 Å². The number of morpholine rings is 1. The third-order valence-corrected chi connectivity index (χ3v) is 7.55. The quantitative estimate of drug-likeness (QED) is 0.402. The van der Waals surface area contributed by atoms with E-state index in [0.29, 0.717) is 25.1 Å². The van der Waals surface area contributed by atoms with E-state index in [2.05, 4.69) is 34.6 Å². The first kappa shape index (κ1) is 28.4. The molecule has 2 aromatic carbocycles. The molecule has 9 nitrogen and oxygen atoms in total. The highest BCUT2D eigenvalue weighted by Gasteiger charge is 2.35. The fraction of sp³-hybridized carbons (Fsp3) is 0.467. The lowest BCUT2D eigenvalue weighted by atomic mass is 10.0. The molecule has 2 heterocycles. The molecule has 2 aliphatic rings. The molecule has 0 radical (unpaired) electrons. The Morgan fingerprint density at radius 1 is 1.10 bits per heavy atom. The van der Waals surface area contributed by atoms with Crippen LogP contribution in [0.1, 0.15) is 51.0 Å². The number of carbonyl (C=O) groups is 4. The van der Waals surface area contributed by atoms with Gasteiger partial charge in [0.25, 0.3) is 5.91 Å². The van der Waals surface area contributed by atoms with Crippen LogP contribution in [0, 0.1) is 6.92 Å². The molecular formula is C30H38N4O5. The zero-order valence-electron chi connectivity index (χ0n) is 22.8. The topological polar surface area (TPSA) is 108 Å². The Bertz CT molecular complexity index is 1210. The molecular weight excluding hydrogens is 496 g/mol. The number of carbonyl (C=O) groups excluding carboxylic acids is 4. The van der Waals surface area contributed by atoms with E-state index in [1.165, 1.54) is 23.1 Å². The number of hydrogen-bond acceptors (Lipinski definition) is 6. The highest BCUT2D eigenvalue weighted by Crippen LogP contribution is 2.27. The average Bonchev–Trinajstić information content (AvgIpc) is 3.27. The van der Waals surface area contributed by atoms with Gasteiger partial charge in [-0.05, 0) is 53.6 Å². The summed E-state index contributed by atoms with van der Waals surface area (Å²) in [6.45, 7) is 7.32. The maximum absolute atomic E-state index is 13.0. The summed E-state index contributed by atoms with van der Waals surface area (Å²) in [6, 6.07) is 11.0. The van der Waals surface area contributed by atoms with Crippen molar-refractivity contribution in [2.75, 3.05) is 39.9 Å². The molecule has 1 atom stereocenters. The standard InChI is InChI=1S/C30H38N4O5/c1-21-16-22(5-7-24(21)9-10-33-11-14-39-15-12-33)18-28(36)32-19-23-6-8-26-25(17-23)20-34(30(26)38)27(4-3-13-35)29(37)31-2/h5-8,13,16-17,27H,3-4,9-12,14-15,18-20H2,1-2H3,(H,31,37)(H,32,36). The number of aldehydes is 1. The van der Waals surface area contributed by atoms with Crippen molar-refractivity contribution < 1.29 is 23.9 Å². The van der Waals surface area contributed by atoms with Crippen LogP contribution in [0.4, 0.5) is 0 Å². The van der Waals surface area contributed by atoms with Crippen molar-refractivity contribution in [3.05, 3.63) is 69.8 Å². The Balaban J connectivity index is 1.30. The molecule has 2 N–H and O–H groups in total. The minimum atomic E-state index is -0.697. The summed E-state index contributed by atoms with van der Waals surface area (Å²) >= 11 is 0. The Hall–Kier alpha value is -3.56. The van der Waals surface area contributed by atoms with Gasteiger partial charge in [-0.1, -0.05) is 30.3 Å².